The van der Waals surface area contributed by atoms with E-state index in [0.29, 0.717) is 18.5 Å². The van der Waals surface area contributed by atoms with E-state index < -0.39 is 30.1 Å². The number of hydrogen-bond donors (Lipinski definition) is 1. The summed E-state index contributed by atoms with van der Waals surface area (Å²) in [6, 6.07) is 1.69. The molecule has 1 N–H and O–H groups in total. The molecule has 0 bridgehead atoms. The lowest BCUT2D eigenvalue weighted by molar-refractivity contribution is -0.141. The van der Waals surface area contributed by atoms with E-state index in [2.05, 4.69) is 20.4 Å². The van der Waals surface area contributed by atoms with Crippen molar-refractivity contribution in [3.8, 4) is 5.82 Å². The minimum absolute atomic E-state index is 0.0129. The highest BCUT2D eigenvalue weighted by Gasteiger charge is 2.34. The standard InChI is InChI=1S/C20H19F4N7O2/c1-11-5-16(20(22,23)24)28-31(11)9-17(32)27-12-6-13(21)19(25-7-12)30-8-14(26-10-30)15-3-4-18(33)29(15)2/h5-8,10,15H,3-4,9H2,1-2H3,(H,27,32). The van der Waals surface area contributed by atoms with Crippen LogP contribution in [0.2, 0.25) is 0 Å². The van der Waals surface area contributed by atoms with Crippen LogP contribution in [0.5, 0.6) is 0 Å². The number of carbonyl (C=O) groups is 2. The molecule has 1 unspecified atom stereocenters. The van der Waals surface area contributed by atoms with Crippen molar-refractivity contribution in [1.29, 1.82) is 0 Å². The molecule has 3 aromatic heterocycles. The molecule has 3 aromatic rings. The van der Waals surface area contributed by atoms with Crippen LogP contribution in [0.3, 0.4) is 0 Å². The predicted octanol–water partition coefficient (Wildman–Crippen LogP) is 2.86. The van der Waals surface area contributed by atoms with E-state index in [0.717, 1.165) is 16.8 Å². The van der Waals surface area contributed by atoms with Gasteiger partial charge in [-0.25, -0.2) is 14.4 Å². The molecule has 13 heteroatoms. The fraction of sp³-hybridized carbons (Fsp3) is 0.350. The summed E-state index contributed by atoms with van der Waals surface area (Å²) in [6.07, 6.45) is 0.609. The van der Waals surface area contributed by atoms with Crippen molar-refractivity contribution in [2.45, 2.75) is 38.5 Å². The van der Waals surface area contributed by atoms with Gasteiger partial charge in [0.25, 0.3) is 0 Å². The van der Waals surface area contributed by atoms with Gasteiger partial charge in [0.1, 0.15) is 12.9 Å². The van der Waals surface area contributed by atoms with Crippen molar-refractivity contribution in [2.75, 3.05) is 12.4 Å². The monoisotopic (exact) mass is 465 g/mol. The van der Waals surface area contributed by atoms with Crippen LogP contribution >= 0.6 is 0 Å². The van der Waals surface area contributed by atoms with E-state index in [1.807, 2.05) is 0 Å². The highest BCUT2D eigenvalue weighted by atomic mass is 19.4. The Kier molecular flexibility index (Phi) is 5.64. The van der Waals surface area contributed by atoms with E-state index in [1.165, 1.54) is 24.0 Å². The van der Waals surface area contributed by atoms with Crippen LogP contribution < -0.4 is 5.32 Å². The number of anilines is 1. The zero-order valence-electron chi connectivity index (χ0n) is 17.6. The van der Waals surface area contributed by atoms with E-state index in [9.17, 15) is 27.2 Å². The number of amides is 2. The predicted molar refractivity (Wildman–Crippen MR) is 107 cm³/mol. The number of hydrogen-bond acceptors (Lipinski definition) is 5. The summed E-state index contributed by atoms with van der Waals surface area (Å²) in [4.78, 5) is 33.8. The molecule has 4 heterocycles. The number of alkyl halides is 3. The quantitative estimate of drug-likeness (QED) is 0.585. The molecule has 1 aliphatic heterocycles. The molecule has 4 rings (SSSR count). The van der Waals surface area contributed by atoms with Gasteiger partial charge in [0, 0.05) is 31.4 Å². The summed E-state index contributed by atoms with van der Waals surface area (Å²) < 4.78 is 55.2. The molecule has 1 aliphatic rings. The first-order valence-electron chi connectivity index (χ1n) is 9.90. The Bertz CT molecular complexity index is 1220. The maximum Gasteiger partial charge on any atom is 0.435 e. The molecular formula is C20H19F4N7O2. The van der Waals surface area contributed by atoms with Crippen LogP contribution in [0.1, 0.15) is 36.0 Å². The number of likely N-dealkylation sites (tertiary alicyclic amines) is 1. The van der Waals surface area contributed by atoms with Crippen molar-refractivity contribution in [3.63, 3.8) is 0 Å². The Morgan fingerprint density at radius 1 is 1.27 bits per heavy atom. The minimum atomic E-state index is -4.62. The number of nitrogens with zero attached hydrogens (tertiary/aromatic N) is 6. The summed E-state index contributed by atoms with van der Waals surface area (Å²) in [7, 11) is 1.68. The van der Waals surface area contributed by atoms with Crippen LogP contribution in [0.15, 0.2) is 30.9 Å². The third-order valence-corrected chi connectivity index (χ3v) is 5.35. The number of nitrogens with one attached hydrogen (secondary N) is 1. The van der Waals surface area contributed by atoms with Gasteiger partial charge < -0.3 is 10.2 Å². The molecule has 1 fully saturated rings. The van der Waals surface area contributed by atoms with Gasteiger partial charge in [-0.3, -0.25) is 18.8 Å². The van der Waals surface area contributed by atoms with E-state index >= 15 is 0 Å². The normalized spacial score (nSPS) is 16.5. The Labute approximate surface area is 185 Å². The average Bonchev–Trinajstić information content (AvgIpc) is 3.42. The summed E-state index contributed by atoms with van der Waals surface area (Å²) in [5.74, 6) is -1.49. The van der Waals surface area contributed by atoms with Gasteiger partial charge in [0.15, 0.2) is 17.3 Å². The number of aryl methyl sites for hydroxylation is 1. The highest BCUT2D eigenvalue weighted by Crippen LogP contribution is 2.31. The molecule has 0 spiro atoms. The van der Waals surface area contributed by atoms with Gasteiger partial charge in [-0.1, -0.05) is 0 Å². The number of aromatic nitrogens is 5. The number of pyridine rings is 1. The maximum atomic E-state index is 14.7. The van der Waals surface area contributed by atoms with Crippen LogP contribution in [-0.2, 0) is 22.3 Å². The van der Waals surface area contributed by atoms with Gasteiger partial charge in [0.2, 0.25) is 11.8 Å². The Morgan fingerprint density at radius 3 is 2.64 bits per heavy atom. The topological polar surface area (TPSA) is 97.9 Å². The second kappa shape index (κ2) is 8.30. The van der Waals surface area contributed by atoms with Gasteiger partial charge in [-0.2, -0.15) is 18.3 Å². The molecular weight excluding hydrogens is 446 g/mol. The van der Waals surface area contributed by atoms with Gasteiger partial charge in [-0.15, -0.1) is 0 Å². The summed E-state index contributed by atoms with van der Waals surface area (Å²) in [5, 5.41) is 5.78. The second-order valence-corrected chi connectivity index (χ2v) is 7.67. The van der Waals surface area contributed by atoms with Gasteiger partial charge >= 0.3 is 6.18 Å². The van der Waals surface area contributed by atoms with Crippen LogP contribution in [0.4, 0.5) is 23.2 Å². The van der Waals surface area contributed by atoms with E-state index in [-0.39, 0.29) is 29.1 Å². The summed E-state index contributed by atoms with van der Waals surface area (Å²) in [6.45, 7) is 0.911. The molecule has 0 radical (unpaired) electrons. The van der Waals surface area contributed by atoms with Gasteiger partial charge in [-0.05, 0) is 19.4 Å². The summed E-state index contributed by atoms with van der Waals surface area (Å²) >= 11 is 0. The van der Waals surface area contributed by atoms with Crippen LogP contribution in [0, 0.1) is 12.7 Å². The lowest BCUT2D eigenvalue weighted by atomic mass is 10.2. The first kappa shape index (κ1) is 22.4. The molecule has 1 atom stereocenters. The zero-order valence-corrected chi connectivity index (χ0v) is 17.6. The smallest absolute Gasteiger partial charge is 0.337 e. The number of rotatable bonds is 5. The largest absolute Gasteiger partial charge is 0.435 e. The molecule has 0 saturated carbocycles. The molecule has 0 aliphatic carbocycles. The highest BCUT2D eigenvalue weighted by molar-refractivity contribution is 5.90. The van der Waals surface area contributed by atoms with E-state index in [4.69, 9.17) is 0 Å². The van der Waals surface area contributed by atoms with Crippen LogP contribution in [0.25, 0.3) is 5.82 Å². The minimum Gasteiger partial charge on any atom is -0.337 e. The molecule has 1 saturated heterocycles. The number of carbonyl (C=O) groups excluding carboxylic acids is 2. The summed E-state index contributed by atoms with van der Waals surface area (Å²) in [5.41, 5.74) is -0.307. The van der Waals surface area contributed by atoms with Gasteiger partial charge in [0.05, 0.1) is 23.6 Å². The first-order valence-corrected chi connectivity index (χ1v) is 9.90. The lowest BCUT2D eigenvalue weighted by Crippen LogP contribution is -2.22. The van der Waals surface area contributed by atoms with Crippen LogP contribution in [-0.4, -0.2) is 48.1 Å². The number of halogens is 4. The average molecular weight is 465 g/mol. The third-order valence-electron chi connectivity index (χ3n) is 5.35. The Morgan fingerprint density at radius 2 is 2.03 bits per heavy atom. The SMILES string of the molecule is Cc1cc(C(F)(F)F)nn1CC(=O)Nc1cnc(-n2cnc(C3CCC(=O)N3C)c2)c(F)c1. The molecule has 33 heavy (non-hydrogen) atoms. The fourth-order valence-corrected chi connectivity index (χ4v) is 3.61. The van der Waals surface area contributed by atoms with Crippen molar-refractivity contribution in [2.24, 2.45) is 0 Å². The van der Waals surface area contributed by atoms with Crippen molar-refractivity contribution < 1.29 is 27.2 Å². The van der Waals surface area contributed by atoms with Crippen molar-refractivity contribution >= 4 is 17.5 Å². The zero-order chi connectivity index (χ0) is 23.9. The van der Waals surface area contributed by atoms with Crippen molar-refractivity contribution in [1.82, 2.24) is 29.2 Å². The second-order valence-electron chi connectivity index (χ2n) is 7.67. The third kappa shape index (κ3) is 4.56. The Balaban J connectivity index is 1.45. The molecule has 2 amide bonds. The maximum absolute atomic E-state index is 14.7. The molecule has 9 nitrogen and oxygen atoms in total. The number of imidazole rings is 1. The fourth-order valence-electron chi connectivity index (χ4n) is 3.61. The molecule has 174 valence electrons. The molecule has 0 aromatic carbocycles. The first-order chi connectivity index (χ1) is 15.5. The lowest BCUT2D eigenvalue weighted by Gasteiger charge is -2.17. The Hall–Kier alpha value is -3.77. The van der Waals surface area contributed by atoms with E-state index in [1.54, 1.807) is 18.1 Å². The van der Waals surface area contributed by atoms with Crippen molar-refractivity contribution in [3.05, 3.63) is 53.8 Å².